The number of hydrogen-bond donors (Lipinski definition) is 1. The molecule has 0 amide bonds. The lowest BCUT2D eigenvalue weighted by Gasteiger charge is -2.22. The van der Waals surface area contributed by atoms with E-state index in [1.807, 2.05) is 0 Å². The van der Waals surface area contributed by atoms with Crippen molar-refractivity contribution in [2.24, 2.45) is 0 Å². The third-order valence-corrected chi connectivity index (χ3v) is 3.43. The minimum atomic E-state index is 0.131. The fourth-order valence-corrected chi connectivity index (χ4v) is 2.79. The van der Waals surface area contributed by atoms with Gasteiger partial charge in [-0.15, -0.1) is 0 Å². The minimum Gasteiger partial charge on any atom is -0.320 e. The molecule has 1 aromatic carbocycles. The van der Waals surface area contributed by atoms with E-state index in [2.05, 4.69) is 45.9 Å². The van der Waals surface area contributed by atoms with E-state index in [-0.39, 0.29) is 5.41 Å². The van der Waals surface area contributed by atoms with Gasteiger partial charge in [-0.1, -0.05) is 32.9 Å². The van der Waals surface area contributed by atoms with E-state index in [0.29, 0.717) is 0 Å². The van der Waals surface area contributed by atoms with Crippen LogP contribution < -0.4 is 0 Å². The maximum absolute atomic E-state index is 8.88. The van der Waals surface area contributed by atoms with Crippen LogP contribution in [-0.2, 0) is 5.41 Å². The van der Waals surface area contributed by atoms with Crippen molar-refractivity contribution in [3.05, 3.63) is 29.3 Å². The molecule has 14 heavy (non-hydrogen) atoms. The van der Waals surface area contributed by atoms with E-state index < -0.39 is 0 Å². The van der Waals surface area contributed by atoms with Gasteiger partial charge in [0.2, 0.25) is 0 Å². The molecule has 0 aliphatic heterocycles. The Morgan fingerprint density at radius 2 is 1.86 bits per heavy atom. The summed E-state index contributed by atoms with van der Waals surface area (Å²) in [4.78, 5) is 1.16. The van der Waals surface area contributed by atoms with Crippen LogP contribution in [0, 0.1) is 6.92 Å². The molecule has 0 aliphatic carbocycles. The van der Waals surface area contributed by atoms with Crippen molar-refractivity contribution in [3.63, 3.8) is 0 Å². The van der Waals surface area contributed by atoms with Crippen molar-refractivity contribution < 1.29 is 4.55 Å². The van der Waals surface area contributed by atoms with Crippen LogP contribution in [0.1, 0.15) is 31.9 Å². The van der Waals surface area contributed by atoms with Gasteiger partial charge in [0.25, 0.3) is 0 Å². The summed E-state index contributed by atoms with van der Waals surface area (Å²) >= 11 is 0.810. The average molecular weight is 228 g/mol. The number of benzene rings is 1. The van der Waals surface area contributed by atoms with Gasteiger partial charge in [0.1, 0.15) is 0 Å². The first kappa shape index (κ1) is 12.0. The molecule has 0 unspecified atom stereocenters. The number of aryl methyl sites for hydroxylation is 1. The summed E-state index contributed by atoms with van der Waals surface area (Å²) in [6.07, 6.45) is 0. The first-order chi connectivity index (χ1) is 6.45. The fraction of sp³-hybridized carbons (Fsp3) is 0.455. The van der Waals surface area contributed by atoms with E-state index in [1.165, 1.54) is 21.9 Å². The molecule has 0 bridgehead atoms. The number of hydrogen-bond acceptors (Lipinski definition) is 3. The summed E-state index contributed by atoms with van der Waals surface area (Å²) in [5.41, 5.74) is 2.65. The van der Waals surface area contributed by atoms with Crippen LogP contribution in [0.3, 0.4) is 0 Å². The maximum Gasteiger partial charge on any atom is 0.0646 e. The lowest BCUT2D eigenvalue weighted by atomic mass is 9.86. The van der Waals surface area contributed by atoms with Crippen LogP contribution in [0.4, 0.5) is 0 Å². The van der Waals surface area contributed by atoms with Gasteiger partial charge in [-0.2, -0.15) is 0 Å². The highest BCUT2D eigenvalue weighted by Gasteiger charge is 2.18. The summed E-state index contributed by atoms with van der Waals surface area (Å²) in [5, 5.41) is 0. The van der Waals surface area contributed by atoms with Gasteiger partial charge >= 0.3 is 0 Å². The van der Waals surface area contributed by atoms with Crippen molar-refractivity contribution in [3.8, 4) is 0 Å². The Morgan fingerprint density at radius 1 is 1.21 bits per heavy atom. The van der Waals surface area contributed by atoms with E-state index in [0.717, 1.165) is 16.0 Å². The number of rotatable bonds is 2. The van der Waals surface area contributed by atoms with Crippen molar-refractivity contribution in [1.29, 1.82) is 0 Å². The van der Waals surface area contributed by atoms with Crippen LogP contribution in [0.5, 0.6) is 0 Å². The standard InChI is InChI=1S/C11H16OS2/c1-8-5-6-9(11(2,3)4)10(7-8)13-14-12/h5-7,12H,1-4H3. The molecule has 0 aromatic heterocycles. The van der Waals surface area contributed by atoms with E-state index in [1.54, 1.807) is 0 Å². The molecule has 1 rings (SSSR count). The second kappa shape index (κ2) is 4.60. The van der Waals surface area contributed by atoms with Crippen LogP contribution in [0.15, 0.2) is 23.1 Å². The molecule has 0 atom stereocenters. The smallest absolute Gasteiger partial charge is 0.0646 e. The molecule has 0 spiro atoms. The molecule has 0 radical (unpaired) electrons. The summed E-state index contributed by atoms with van der Waals surface area (Å²) < 4.78 is 8.88. The van der Waals surface area contributed by atoms with E-state index >= 15 is 0 Å². The molecular formula is C11H16OS2. The molecule has 1 nitrogen and oxygen atoms in total. The average Bonchev–Trinajstić information content (AvgIpc) is 2.02. The van der Waals surface area contributed by atoms with Gasteiger partial charge in [0.15, 0.2) is 0 Å². The summed E-state index contributed by atoms with van der Waals surface area (Å²) in [6.45, 7) is 8.62. The SMILES string of the molecule is Cc1ccc(C(C)(C)C)c(SSO)c1. The lowest BCUT2D eigenvalue weighted by Crippen LogP contribution is -2.12. The molecule has 0 heterocycles. The van der Waals surface area contributed by atoms with E-state index in [9.17, 15) is 0 Å². The molecule has 0 aliphatic rings. The van der Waals surface area contributed by atoms with Crippen molar-refractivity contribution in [1.82, 2.24) is 0 Å². The van der Waals surface area contributed by atoms with Gasteiger partial charge in [-0.05, 0) is 40.3 Å². The first-order valence-corrected chi connectivity index (χ1v) is 6.65. The highest BCUT2D eigenvalue weighted by molar-refractivity contribution is 8.74. The van der Waals surface area contributed by atoms with Gasteiger partial charge in [-0.25, -0.2) is 0 Å². The Hall–Kier alpha value is -0.120. The fourth-order valence-electron chi connectivity index (χ4n) is 1.36. The third-order valence-electron chi connectivity index (χ3n) is 2.07. The van der Waals surface area contributed by atoms with Crippen LogP contribution in [0.25, 0.3) is 0 Å². The highest BCUT2D eigenvalue weighted by atomic mass is 33.1. The molecule has 0 saturated heterocycles. The second-order valence-electron chi connectivity index (χ2n) is 4.41. The van der Waals surface area contributed by atoms with Crippen LogP contribution in [0.2, 0.25) is 0 Å². The molecule has 3 heteroatoms. The minimum absolute atomic E-state index is 0.131. The van der Waals surface area contributed by atoms with Crippen molar-refractivity contribution in [2.45, 2.75) is 38.0 Å². The Bertz CT molecular complexity index is 316. The Kier molecular flexibility index (Phi) is 3.93. The Balaban J connectivity index is 3.15. The zero-order valence-corrected chi connectivity index (χ0v) is 10.6. The molecule has 1 N–H and O–H groups in total. The normalized spacial score (nSPS) is 11.8. The second-order valence-corrected chi connectivity index (χ2v) is 6.11. The summed E-state index contributed by atoms with van der Waals surface area (Å²) in [6, 6.07) is 6.38. The third kappa shape index (κ3) is 2.94. The van der Waals surface area contributed by atoms with Gasteiger partial charge in [0, 0.05) is 4.90 Å². The monoisotopic (exact) mass is 228 g/mol. The van der Waals surface area contributed by atoms with Gasteiger partial charge in [0.05, 0.1) is 11.1 Å². The molecule has 0 saturated carbocycles. The van der Waals surface area contributed by atoms with Crippen LogP contribution in [-0.4, -0.2) is 4.55 Å². The largest absolute Gasteiger partial charge is 0.320 e. The Morgan fingerprint density at radius 3 is 2.36 bits per heavy atom. The summed E-state index contributed by atoms with van der Waals surface area (Å²) in [7, 11) is 1.42. The summed E-state index contributed by atoms with van der Waals surface area (Å²) in [5.74, 6) is 0. The predicted octanol–water partition coefficient (Wildman–Crippen LogP) is 4.51. The lowest BCUT2D eigenvalue weighted by molar-refractivity contribution is 0.578. The zero-order valence-electron chi connectivity index (χ0n) is 9.00. The molecule has 0 fully saturated rings. The Labute approximate surface area is 93.9 Å². The quantitative estimate of drug-likeness (QED) is 0.594. The predicted molar refractivity (Wildman–Crippen MR) is 66.0 cm³/mol. The molecular weight excluding hydrogens is 212 g/mol. The van der Waals surface area contributed by atoms with Gasteiger partial charge < -0.3 is 4.55 Å². The van der Waals surface area contributed by atoms with Crippen LogP contribution >= 0.6 is 21.9 Å². The zero-order chi connectivity index (χ0) is 10.8. The van der Waals surface area contributed by atoms with Crippen molar-refractivity contribution in [2.75, 3.05) is 0 Å². The molecule has 78 valence electrons. The molecule has 1 aromatic rings. The van der Waals surface area contributed by atoms with Gasteiger partial charge in [-0.3, -0.25) is 0 Å². The highest BCUT2D eigenvalue weighted by Crippen LogP contribution is 2.37. The van der Waals surface area contributed by atoms with Crippen molar-refractivity contribution >= 4 is 21.9 Å². The van der Waals surface area contributed by atoms with E-state index in [4.69, 9.17) is 4.55 Å². The maximum atomic E-state index is 8.88. The first-order valence-electron chi connectivity index (χ1n) is 4.54. The topological polar surface area (TPSA) is 20.2 Å².